The average Bonchev–Trinajstić information content (AvgIpc) is 2.80. The third-order valence-electron chi connectivity index (χ3n) is 5.85. The first kappa shape index (κ1) is 19.1. The molecule has 4 aromatic rings. The number of nitrogens with zero attached hydrogens (tertiary/aromatic N) is 1. The number of rotatable bonds is 5. The van der Waals surface area contributed by atoms with Crippen LogP contribution in [0.2, 0.25) is 0 Å². The Balaban J connectivity index is 1.82. The Bertz CT molecular complexity index is 1020. The van der Waals surface area contributed by atoms with Crippen molar-refractivity contribution >= 4 is 0 Å². The first-order chi connectivity index (χ1) is 14.1. The quantitative estimate of drug-likeness (QED) is 0.346. The molecule has 0 N–H and O–H groups in total. The highest BCUT2D eigenvalue weighted by Crippen LogP contribution is 2.32. The van der Waals surface area contributed by atoms with Gasteiger partial charge in [-0.1, -0.05) is 106 Å². The van der Waals surface area contributed by atoms with E-state index in [1.165, 1.54) is 16.7 Å². The van der Waals surface area contributed by atoms with Crippen molar-refractivity contribution in [2.75, 3.05) is 0 Å². The van der Waals surface area contributed by atoms with Gasteiger partial charge >= 0.3 is 0 Å². The molecule has 0 aliphatic rings. The zero-order valence-corrected chi connectivity index (χ0v) is 17.4. The highest BCUT2D eigenvalue weighted by atomic mass is 14.7. The molecule has 0 fully saturated rings. The maximum atomic E-state index is 4.97. The lowest BCUT2D eigenvalue weighted by Crippen LogP contribution is -2.14. The molecule has 3 aromatic carbocycles. The van der Waals surface area contributed by atoms with Crippen molar-refractivity contribution < 1.29 is 0 Å². The summed E-state index contributed by atoms with van der Waals surface area (Å²) in [7, 11) is 0. The highest BCUT2D eigenvalue weighted by Gasteiger charge is 2.18. The van der Waals surface area contributed by atoms with Gasteiger partial charge in [0, 0.05) is 11.1 Å². The lowest BCUT2D eigenvalue weighted by molar-refractivity contribution is 0.506. The van der Waals surface area contributed by atoms with Crippen LogP contribution in [-0.4, -0.2) is 4.98 Å². The molecule has 29 heavy (non-hydrogen) atoms. The van der Waals surface area contributed by atoms with Crippen molar-refractivity contribution in [1.82, 2.24) is 4.98 Å². The number of hydrogen-bond acceptors (Lipinski definition) is 1. The molecule has 0 radical (unpaired) electrons. The summed E-state index contributed by atoms with van der Waals surface area (Å²) in [6.07, 6.45) is 1.12. The molecule has 0 unspecified atom stereocenters. The van der Waals surface area contributed by atoms with Crippen LogP contribution >= 0.6 is 0 Å². The second kappa shape index (κ2) is 8.05. The van der Waals surface area contributed by atoms with Gasteiger partial charge in [0.25, 0.3) is 0 Å². The highest BCUT2D eigenvalue weighted by molar-refractivity contribution is 5.76. The minimum Gasteiger partial charge on any atom is -0.248 e. The standard InChI is InChI=1S/C28H27N/c1-4-28(2,3)25-17-15-21(16-18-25)24-19-26(22-11-7-5-8-12-22)29-27(20-24)23-13-9-6-10-14-23/h5-20H,4H2,1-3H3. The first-order valence-corrected chi connectivity index (χ1v) is 10.3. The van der Waals surface area contributed by atoms with Crippen molar-refractivity contribution in [3.8, 4) is 33.6 Å². The second-order valence-corrected chi connectivity index (χ2v) is 8.17. The summed E-state index contributed by atoms with van der Waals surface area (Å²) in [5.74, 6) is 0. The van der Waals surface area contributed by atoms with Crippen LogP contribution in [0.25, 0.3) is 33.6 Å². The van der Waals surface area contributed by atoms with Crippen LogP contribution in [0.3, 0.4) is 0 Å². The molecule has 0 spiro atoms. The number of benzene rings is 3. The van der Waals surface area contributed by atoms with Gasteiger partial charge in [-0.25, -0.2) is 4.98 Å². The minimum atomic E-state index is 0.196. The van der Waals surface area contributed by atoms with Gasteiger partial charge in [0.15, 0.2) is 0 Å². The fraction of sp³-hybridized carbons (Fsp3) is 0.179. The van der Waals surface area contributed by atoms with E-state index in [4.69, 9.17) is 4.98 Å². The summed E-state index contributed by atoms with van der Waals surface area (Å²) in [6.45, 7) is 6.85. The zero-order valence-electron chi connectivity index (χ0n) is 17.4. The average molecular weight is 378 g/mol. The summed E-state index contributed by atoms with van der Waals surface area (Å²) in [4.78, 5) is 4.97. The molecule has 4 rings (SSSR count). The fourth-order valence-electron chi connectivity index (χ4n) is 3.53. The van der Waals surface area contributed by atoms with Crippen LogP contribution in [0.15, 0.2) is 97.1 Å². The molecular formula is C28H27N. The van der Waals surface area contributed by atoms with Gasteiger partial charge < -0.3 is 0 Å². The normalized spacial score (nSPS) is 11.4. The van der Waals surface area contributed by atoms with E-state index in [2.05, 4.69) is 106 Å². The molecule has 0 saturated heterocycles. The predicted octanol–water partition coefficient (Wildman–Crippen LogP) is 7.77. The van der Waals surface area contributed by atoms with Crippen molar-refractivity contribution in [3.63, 3.8) is 0 Å². The fourth-order valence-corrected chi connectivity index (χ4v) is 3.53. The molecule has 1 nitrogen and oxygen atoms in total. The third-order valence-corrected chi connectivity index (χ3v) is 5.85. The molecule has 1 aromatic heterocycles. The van der Waals surface area contributed by atoms with Crippen molar-refractivity contribution in [2.45, 2.75) is 32.6 Å². The number of pyridine rings is 1. The molecule has 144 valence electrons. The van der Waals surface area contributed by atoms with Crippen molar-refractivity contribution in [1.29, 1.82) is 0 Å². The monoisotopic (exact) mass is 377 g/mol. The van der Waals surface area contributed by atoms with E-state index in [0.717, 1.165) is 28.9 Å². The van der Waals surface area contributed by atoms with Crippen LogP contribution in [-0.2, 0) is 5.41 Å². The topological polar surface area (TPSA) is 12.9 Å². The van der Waals surface area contributed by atoms with E-state index in [1.54, 1.807) is 0 Å². The zero-order chi connectivity index (χ0) is 20.3. The Morgan fingerprint density at radius 1 is 0.586 bits per heavy atom. The Morgan fingerprint density at radius 3 is 1.52 bits per heavy atom. The third kappa shape index (κ3) is 4.14. The Kier molecular flexibility index (Phi) is 5.31. The van der Waals surface area contributed by atoms with Gasteiger partial charge in [-0.15, -0.1) is 0 Å². The molecule has 0 atom stereocenters. The van der Waals surface area contributed by atoms with Crippen molar-refractivity contribution in [2.24, 2.45) is 0 Å². The maximum absolute atomic E-state index is 4.97. The summed E-state index contributed by atoms with van der Waals surface area (Å²) in [5, 5.41) is 0. The maximum Gasteiger partial charge on any atom is 0.0715 e. The Morgan fingerprint density at radius 2 is 1.07 bits per heavy atom. The molecule has 1 heterocycles. The second-order valence-electron chi connectivity index (χ2n) is 8.17. The smallest absolute Gasteiger partial charge is 0.0715 e. The van der Waals surface area contributed by atoms with Crippen LogP contribution < -0.4 is 0 Å². The molecular weight excluding hydrogens is 350 g/mol. The van der Waals surface area contributed by atoms with Gasteiger partial charge in [-0.3, -0.25) is 0 Å². The predicted molar refractivity (Wildman–Crippen MR) is 124 cm³/mol. The molecule has 0 amide bonds. The molecule has 0 aliphatic carbocycles. The van der Waals surface area contributed by atoms with Gasteiger partial charge in [0.2, 0.25) is 0 Å². The van der Waals surface area contributed by atoms with E-state index in [-0.39, 0.29) is 5.41 Å². The lowest BCUT2D eigenvalue weighted by atomic mass is 9.82. The SMILES string of the molecule is CCC(C)(C)c1ccc(-c2cc(-c3ccccc3)nc(-c3ccccc3)c2)cc1. The van der Waals surface area contributed by atoms with Crippen LogP contribution in [0.5, 0.6) is 0 Å². The molecule has 1 heteroatoms. The van der Waals surface area contributed by atoms with Gasteiger partial charge in [-0.05, 0) is 40.7 Å². The first-order valence-electron chi connectivity index (χ1n) is 10.3. The van der Waals surface area contributed by atoms with Gasteiger partial charge in [0.05, 0.1) is 11.4 Å². The lowest BCUT2D eigenvalue weighted by Gasteiger charge is -2.23. The largest absolute Gasteiger partial charge is 0.248 e. The van der Waals surface area contributed by atoms with Crippen molar-refractivity contribution in [3.05, 3.63) is 103 Å². The van der Waals surface area contributed by atoms with Crippen LogP contribution in [0.4, 0.5) is 0 Å². The van der Waals surface area contributed by atoms with Gasteiger partial charge in [-0.2, -0.15) is 0 Å². The summed E-state index contributed by atoms with van der Waals surface area (Å²) >= 11 is 0. The van der Waals surface area contributed by atoms with E-state index < -0.39 is 0 Å². The van der Waals surface area contributed by atoms with Crippen LogP contribution in [0, 0.1) is 0 Å². The van der Waals surface area contributed by atoms with E-state index in [1.807, 2.05) is 12.1 Å². The van der Waals surface area contributed by atoms with E-state index >= 15 is 0 Å². The minimum absolute atomic E-state index is 0.196. The summed E-state index contributed by atoms with van der Waals surface area (Å²) in [6, 6.07) is 34.2. The van der Waals surface area contributed by atoms with E-state index in [9.17, 15) is 0 Å². The number of aromatic nitrogens is 1. The Labute approximate surface area is 174 Å². The summed E-state index contributed by atoms with van der Waals surface area (Å²) in [5.41, 5.74) is 8.26. The van der Waals surface area contributed by atoms with Gasteiger partial charge in [0.1, 0.15) is 0 Å². The Hall–Kier alpha value is -3.19. The van der Waals surface area contributed by atoms with E-state index in [0.29, 0.717) is 0 Å². The van der Waals surface area contributed by atoms with Crippen LogP contribution in [0.1, 0.15) is 32.8 Å². The number of hydrogen-bond donors (Lipinski definition) is 0. The summed E-state index contributed by atoms with van der Waals surface area (Å²) < 4.78 is 0. The molecule has 0 aliphatic heterocycles. The molecule has 0 bridgehead atoms. The molecule has 0 saturated carbocycles.